The molecule has 0 saturated carbocycles. The van der Waals surface area contributed by atoms with Crippen molar-refractivity contribution in [3.63, 3.8) is 0 Å². The molecule has 2 aromatic rings. The van der Waals surface area contributed by atoms with Crippen molar-refractivity contribution in [2.75, 3.05) is 0 Å². The maximum atomic E-state index is 11.2. The number of rotatable bonds is 3. The van der Waals surface area contributed by atoms with Crippen LogP contribution in [-0.2, 0) is 11.2 Å². The van der Waals surface area contributed by atoms with Crippen LogP contribution in [0.25, 0.3) is 10.9 Å². The molecule has 0 fully saturated rings. The molecule has 0 aliphatic carbocycles. The van der Waals surface area contributed by atoms with Crippen molar-refractivity contribution in [2.45, 2.75) is 20.3 Å². The van der Waals surface area contributed by atoms with E-state index < -0.39 is 11.4 Å². The summed E-state index contributed by atoms with van der Waals surface area (Å²) >= 11 is 3.48. The van der Waals surface area contributed by atoms with Crippen molar-refractivity contribution in [1.82, 2.24) is 4.98 Å². The molecule has 1 aromatic heterocycles. The third kappa shape index (κ3) is 2.22. The molecule has 3 nitrogen and oxygen atoms in total. The molecule has 1 aromatic carbocycles. The van der Waals surface area contributed by atoms with Crippen molar-refractivity contribution in [2.24, 2.45) is 5.41 Å². The summed E-state index contributed by atoms with van der Waals surface area (Å²) in [6.07, 6.45) is 2.39. The molecule has 0 atom stereocenters. The zero-order chi connectivity index (χ0) is 12.6. The van der Waals surface area contributed by atoms with E-state index in [4.69, 9.17) is 0 Å². The lowest BCUT2D eigenvalue weighted by Crippen LogP contribution is -2.26. The first-order chi connectivity index (χ1) is 7.92. The summed E-state index contributed by atoms with van der Waals surface area (Å²) in [6, 6.07) is 5.90. The Hall–Kier alpha value is -1.29. The van der Waals surface area contributed by atoms with E-state index in [1.54, 1.807) is 13.8 Å². The molecule has 2 N–H and O–H groups in total. The molecule has 1 heterocycles. The monoisotopic (exact) mass is 295 g/mol. The molecule has 0 saturated heterocycles. The maximum absolute atomic E-state index is 11.2. The van der Waals surface area contributed by atoms with Crippen molar-refractivity contribution >= 4 is 32.8 Å². The summed E-state index contributed by atoms with van der Waals surface area (Å²) in [5, 5.41) is 10.2. The highest BCUT2D eigenvalue weighted by Gasteiger charge is 2.28. The van der Waals surface area contributed by atoms with Gasteiger partial charge in [-0.05, 0) is 47.8 Å². The number of carboxylic acids is 1. The fraction of sp³-hybridized carbons (Fsp3) is 0.308. The van der Waals surface area contributed by atoms with Crippen LogP contribution >= 0.6 is 15.9 Å². The first-order valence-corrected chi connectivity index (χ1v) is 6.19. The number of aliphatic carboxylic acids is 1. The highest BCUT2D eigenvalue weighted by atomic mass is 79.9. The summed E-state index contributed by atoms with van der Waals surface area (Å²) in [5.74, 6) is -0.777. The van der Waals surface area contributed by atoms with Gasteiger partial charge >= 0.3 is 5.97 Å². The van der Waals surface area contributed by atoms with Gasteiger partial charge in [0.15, 0.2) is 0 Å². The second kappa shape index (κ2) is 4.18. The van der Waals surface area contributed by atoms with Crippen LogP contribution in [0.4, 0.5) is 0 Å². The molecule has 17 heavy (non-hydrogen) atoms. The Labute approximate surface area is 108 Å². The van der Waals surface area contributed by atoms with E-state index in [0.29, 0.717) is 6.42 Å². The summed E-state index contributed by atoms with van der Waals surface area (Å²) in [7, 11) is 0. The van der Waals surface area contributed by atoms with Gasteiger partial charge in [-0.2, -0.15) is 0 Å². The van der Waals surface area contributed by atoms with Gasteiger partial charge in [0, 0.05) is 21.6 Å². The van der Waals surface area contributed by atoms with E-state index >= 15 is 0 Å². The predicted octanol–water partition coefficient (Wildman–Crippen LogP) is 3.58. The number of carbonyl (C=O) groups is 1. The molecule has 0 spiro atoms. The summed E-state index contributed by atoms with van der Waals surface area (Å²) in [5.41, 5.74) is 1.31. The lowest BCUT2D eigenvalue weighted by atomic mass is 9.85. The number of aromatic amines is 1. The lowest BCUT2D eigenvalue weighted by molar-refractivity contribution is -0.146. The van der Waals surface area contributed by atoms with Crippen molar-refractivity contribution in [1.29, 1.82) is 0 Å². The molecule has 0 bridgehead atoms. The number of benzene rings is 1. The van der Waals surface area contributed by atoms with Crippen molar-refractivity contribution in [3.05, 3.63) is 34.4 Å². The average Bonchev–Trinajstić information content (AvgIpc) is 2.61. The van der Waals surface area contributed by atoms with Crippen LogP contribution in [0.15, 0.2) is 28.9 Å². The first-order valence-electron chi connectivity index (χ1n) is 5.40. The van der Waals surface area contributed by atoms with Gasteiger partial charge in [0.05, 0.1) is 5.41 Å². The molecule has 4 heteroatoms. The van der Waals surface area contributed by atoms with Crippen LogP contribution in [0.5, 0.6) is 0 Å². The number of H-pyrrole nitrogens is 1. The third-order valence-corrected chi connectivity index (χ3v) is 3.58. The summed E-state index contributed by atoms with van der Waals surface area (Å²) in [4.78, 5) is 14.3. The second-order valence-electron chi connectivity index (χ2n) is 4.84. The van der Waals surface area contributed by atoms with Crippen LogP contribution in [0.3, 0.4) is 0 Å². The minimum Gasteiger partial charge on any atom is -0.481 e. The fourth-order valence-corrected chi connectivity index (χ4v) is 2.50. The molecule has 0 unspecified atom stereocenters. The number of hydrogen-bond acceptors (Lipinski definition) is 1. The fourth-order valence-electron chi connectivity index (χ4n) is 1.91. The van der Waals surface area contributed by atoms with E-state index in [1.807, 2.05) is 24.4 Å². The summed E-state index contributed by atoms with van der Waals surface area (Å²) < 4.78 is 0.976. The number of fused-ring (bicyclic) bond motifs is 1. The van der Waals surface area contributed by atoms with Gasteiger partial charge in [-0.3, -0.25) is 4.79 Å². The lowest BCUT2D eigenvalue weighted by Gasteiger charge is -2.19. The molecule has 0 radical (unpaired) electrons. The highest BCUT2D eigenvalue weighted by molar-refractivity contribution is 9.10. The predicted molar refractivity (Wildman–Crippen MR) is 71.1 cm³/mol. The van der Waals surface area contributed by atoms with E-state index in [1.165, 1.54) is 0 Å². The molecule has 0 aliphatic rings. The van der Waals surface area contributed by atoms with E-state index in [9.17, 15) is 9.90 Å². The van der Waals surface area contributed by atoms with Gasteiger partial charge in [-0.25, -0.2) is 0 Å². The second-order valence-corrected chi connectivity index (χ2v) is 5.70. The number of nitrogens with one attached hydrogen (secondary N) is 1. The van der Waals surface area contributed by atoms with Crippen molar-refractivity contribution in [3.8, 4) is 0 Å². The van der Waals surface area contributed by atoms with Crippen molar-refractivity contribution < 1.29 is 9.90 Å². The minimum absolute atomic E-state index is 0.510. The molecule has 2 rings (SSSR count). The molecule has 0 aliphatic heterocycles. The van der Waals surface area contributed by atoms with Gasteiger partial charge in [-0.1, -0.05) is 12.1 Å². The Kier molecular flexibility index (Phi) is 3.00. The Morgan fingerprint density at radius 1 is 1.47 bits per heavy atom. The molecule has 0 amide bonds. The SMILES string of the molecule is CC(C)(Cc1cccc2[nH]cc(Br)c12)C(=O)O. The molecular weight excluding hydrogens is 282 g/mol. The number of halogens is 1. The Balaban J connectivity index is 2.49. The van der Waals surface area contributed by atoms with Gasteiger partial charge in [-0.15, -0.1) is 0 Å². The molecular formula is C13H14BrNO2. The van der Waals surface area contributed by atoms with Crippen LogP contribution in [-0.4, -0.2) is 16.1 Å². The van der Waals surface area contributed by atoms with E-state index in [2.05, 4.69) is 20.9 Å². The van der Waals surface area contributed by atoms with E-state index in [0.717, 1.165) is 20.9 Å². The average molecular weight is 296 g/mol. The van der Waals surface area contributed by atoms with Gasteiger partial charge < -0.3 is 10.1 Å². The van der Waals surface area contributed by atoms with Crippen LogP contribution in [0.2, 0.25) is 0 Å². The van der Waals surface area contributed by atoms with Crippen LogP contribution < -0.4 is 0 Å². The van der Waals surface area contributed by atoms with Gasteiger partial charge in [0.2, 0.25) is 0 Å². The first kappa shape index (κ1) is 12.2. The largest absolute Gasteiger partial charge is 0.481 e. The zero-order valence-corrected chi connectivity index (χ0v) is 11.3. The number of hydrogen-bond donors (Lipinski definition) is 2. The quantitative estimate of drug-likeness (QED) is 0.909. The van der Waals surface area contributed by atoms with Gasteiger partial charge in [0.1, 0.15) is 0 Å². The van der Waals surface area contributed by atoms with Gasteiger partial charge in [0.25, 0.3) is 0 Å². The smallest absolute Gasteiger partial charge is 0.309 e. The molecule has 90 valence electrons. The van der Waals surface area contributed by atoms with Crippen LogP contribution in [0, 0.1) is 5.41 Å². The maximum Gasteiger partial charge on any atom is 0.309 e. The van der Waals surface area contributed by atoms with Crippen LogP contribution in [0.1, 0.15) is 19.4 Å². The number of aromatic nitrogens is 1. The Bertz CT molecular complexity index is 572. The Morgan fingerprint density at radius 2 is 2.18 bits per heavy atom. The minimum atomic E-state index is -0.777. The standard InChI is InChI=1S/C13H14BrNO2/c1-13(2,12(16)17)6-8-4-3-5-10-11(8)9(14)7-15-10/h3-5,7,15H,6H2,1-2H3,(H,16,17). The highest BCUT2D eigenvalue weighted by Crippen LogP contribution is 2.31. The zero-order valence-electron chi connectivity index (χ0n) is 9.75. The summed E-state index contributed by atoms with van der Waals surface area (Å²) in [6.45, 7) is 3.49. The topological polar surface area (TPSA) is 53.1 Å². The normalized spacial score (nSPS) is 11.9. The van der Waals surface area contributed by atoms with E-state index in [-0.39, 0.29) is 0 Å². The third-order valence-electron chi connectivity index (χ3n) is 2.96. The Morgan fingerprint density at radius 3 is 2.82 bits per heavy atom. The number of carboxylic acid groups (broad SMARTS) is 1.